The molecule has 0 aromatic rings. The largest absolute Gasteiger partial charge is 0.185 e. The van der Waals surface area contributed by atoms with Crippen LogP contribution in [0.3, 0.4) is 0 Å². The van der Waals surface area contributed by atoms with Gasteiger partial charge in [0.1, 0.15) is 0 Å². The van der Waals surface area contributed by atoms with Gasteiger partial charge in [0.15, 0.2) is 0 Å². The number of hydrogen-bond donors (Lipinski definition) is 1. The summed E-state index contributed by atoms with van der Waals surface area (Å²) >= 11 is 5.59. The minimum absolute atomic E-state index is 1.10. The van der Waals surface area contributed by atoms with E-state index in [-0.39, 0.29) is 0 Å². The lowest BCUT2D eigenvalue weighted by Crippen LogP contribution is -1.56. The Balaban J connectivity index is 2.17. The summed E-state index contributed by atoms with van der Waals surface area (Å²) in [6.45, 7) is 0. The molecule has 1 fully saturated rings. The summed E-state index contributed by atoms with van der Waals surface area (Å²) in [6, 6.07) is 0. The van der Waals surface area contributed by atoms with Gasteiger partial charge in [0.05, 0.1) is 5.88 Å². The summed E-state index contributed by atoms with van der Waals surface area (Å²) in [6.07, 6.45) is 0. The van der Waals surface area contributed by atoms with Crippen molar-refractivity contribution in [2.75, 3.05) is 5.88 Å². The van der Waals surface area contributed by atoms with E-state index in [0.717, 1.165) is 5.88 Å². The average Bonchev–Trinajstić information content (AvgIpc) is 1.75. The molecule has 0 aromatic carbocycles. The van der Waals surface area contributed by atoms with E-state index in [1.54, 1.807) is 11.9 Å². The summed E-state index contributed by atoms with van der Waals surface area (Å²) in [5, 5.41) is 0. The maximum atomic E-state index is 3.87. The Hall–Kier alpha value is 0.660. The van der Waals surface area contributed by atoms with E-state index in [4.69, 9.17) is 0 Å². The lowest BCUT2D eigenvalue weighted by Gasteiger charge is -1.61. The van der Waals surface area contributed by atoms with Crippen molar-refractivity contribution in [3.63, 3.8) is 0 Å². The first-order chi connectivity index (χ1) is 1.89. The molecule has 0 radical (unpaired) electrons. The first-order valence-electron chi connectivity index (χ1n) is 0.987. The molecule has 1 heterocycles. The van der Waals surface area contributed by atoms with Gasteiger partial charge in [-0.2, -0.15) is 3.71 Å². The second-order valence-electron chi connectivity index (χ2n) is 0.610. The van der Waals surface area contributed by atoms with Crippen molar-refractivity contribution in [3.8, 4) is 0 Å². The highest BCUT2D eigenvalue weighted by Gasteiger charge is 2.11. The first kappa shape index (κ1) is 2.87. The van der Waals surface area contributed by atoms with Crippen LogP contribution in [0.25, 0.3) is 0 Å². The summed E-state index contributed by atoms with van der Waals surface area (Å²) in [7, 11) is 0. The van der Waals surface area contributed by atoms with Crippen LogP contribution >= 0.6 is 24.8 Å². The normalized spacial score (nSPS) is 39.8. The van der Waals surface area contributed by atoms with Crippen molar-refractivity contribution in [1.29, 1.82) is 0 Å². The molecule has 0 aliphatic carbocycles. The molecule has 0 bridgehead atoms. The maximum absolute atomic E-state index is 3.87. The van der Waals surface area contributed by atoms with E-state index in [1.165, 1.54) is 0 Å². The molecule has 1 atom stereocenters. The van der Waals surface area contributed by atoms with Crippen LogP contribution in [-0.4, -0.2) is 9.59 Å². The van der Waals surface area contributed by atoms with Gasteiger partial charge in [0.2, 0.25) is 0 Å². The Kier molecular flexibility index (Phi) is 0.581. The van der Waals surface area contributed by atoms with Crippen LogP contribution in [0, 0.1) is 0 Å². The van der Waals surface area contributed by atoms with Crippen LogP contribution in [0.15, 0.2) is 0 Å². The lowest BCUT2D eigenvalue weighted by atomic mass is 11.6. The first-order valence-corrected chi connectivity index (χ1v) is 2.33. The zero-order valence-corrected chi connectivity index (χ0v) is 3.72. The minimum Gasteiger partial charge on any atom is -0.185 e. The predicted molar refractivity (Wildman–Crippen MR) is 23.3 cm³/mol. The van der Waals surface area contributed by atoms with Gasteiger partial charge in [-0.15, -0.1) is 0 Å². The van der Waals surface area contributed by atoms with E-state index in [1.807, 2.05) is 3.71 Å². The van der Waals surface area contributed by atoms with E-state index in [0.29, 0.717) is 0 Å². The molecule has 1 saturated heterocycles. The van der Waals surface area contributed by atoms with Gasteiger partial charge < -0.3 is 0 Å². The van der Waals surface area contributed by atoms with Crippen LogP contribution < -0.4 is 0 Å². The molecule has 0 spiro atoms. The summed E-state index contributed by atoms with van der Waals surface area (Å²) < 4.78 is 1.86. The van der Waals surface area contributed by atoms with Gasteiger partial charge in [0, 0.05) is 0 Å². The number of thiol groups is 1. The Bertz CT molecular complexity index is 25.2. The lowest BCUT2D eigenvalue weighted by molar-refractivity contribution is 1.07. The molecule has 0 amide bonds. The molecule has 0 aromatic heterocycles. The van der Waals surface area contributed by atoms with Crippen LogP contribution in [0.1, 0.15) is 0 Å². The monoisotopic (exact) mass is 93.0 g/mol. The van der Waals surface area contributed by atoms with Gasteiger partial charge in [-0.25, -0.2) is 0 Å². The quantitative estimate of drug-likeness (QED) is 0.267. The zero-order chi connectivity index (χ0) is 2.99. The average molecular weight is 93.2 g/mol. The molecule has 1 rings (SSSR count). The predicted octanol–water partition coefficient (Wildman–Crippen LogP) is 0.752. The second-order valence-corrected chi connectivity index (χ2v) is 2.32. The SMILES string of the molecule is SN1CS1. The van der Waals surface area contributed by atoms with Crippen molar-refractivity contribution in [3.05, 3.63) is 0 Å². The van der Waals surface area contributed by atoms with Crippen molar-refractivity contribution in [2.45, 2.75) is 0 Å². The topological polar surface area (TPSA) is 3.01 Å². The van der Waals surface area contributed by atoms with Crippen LogP contribution in [0.4, 0.5) is 0 Å². The van der Waals surface area contributed by atoms with Gasteiger partial charge in [-0.05, 0) is 11.9 Å². The van der Waals surface area contributed by atoms with E-state index < -0.39 is 0 Å². The van der Waals surface area contributed by atoms with Gasteiger partial charge in [-0.3, -0.25) is 0 Å². The Morgan fingerprint density at radius 1 is 2.00 bits per heavy atom. The zero-order valence-electron chi connectivity index (χ0n) is 2.01. The third-order valence-corrected chi connectivity index (χ3v) is 1.43. The van der Waals surface area contributed by atoms with Crippen LogP contribution in [0.5, 0.6) is 0 Å². The van der Waals surface area contributed by atoms with E-state index >= 15 is 0 Å². The molecular weight excluding hydrogens is 90.2 g/mol. The molecule has 1 aliphatic heterocycles. The minimum atomic E-state index is 1.10. The summed E-state index contributed by atoms with van der Waals surface area (Å²) in [5.41, 5.74) is 0. The van der Waals surface area contributed by atoms with Crippen LogP contribution in [0.2, 0.25) is 0 Å². The molecule has 3 heteroatoms. The standard InChI is InChI=1S/CH3NS2/c3-2-1-4-2/h3H,1H2. The van der Waals surface area contributed by atoms with Crippen molar-refractivity contribution < 1.29 is 0 Å². The van der Waals surface area contributed by atoms with Crippen LogP contribution in [-0.2, 0) is 0 Å². The van der Waals surface area contributed by atoms with Gasteiger partial charge in [0.25, 0.3) is 0 Å². The maximum Gasteiger partial charge on any atom is 0.0812 e. The van der Waals surface area contributed by atoms with Crippen molar-refractivity contribution >= 4 is 24.8 Å². The number of rotatable bonds is 0. The highest BCUT2D eigenvalue weighted by molar-refractivity contribution is 8.12. The highest BCUT2D eigenvalue weighted by Crippen LogP contribution is 2.29. The fraction of sp³-hybridized carbons (Fsp3) is 1.00. The molecule has 1 nitrogen and oxygen atoms in total. The Labute approximate surface area is 35.0 Å². The molecular formula is CH3NS2. The molecule has 24 valence electrons. The third kappa shape index (κ3) is 0.547. The molecule has 0 N–H and O–H groups in total. The third-order valence-electron chi connectivity index (χ3n) is 0.245. The summed E-state index contributed by atoms with van der Waals surface area (Å²) in [4.78, 5) is 0. The van der Waals surface area contributed by atoms with Crippen molar-refractivity contribution in [1.82, 2.24) is 3.71 Å². The van der Waals surface area contributed by atoms with Crippen molar-refractivity contribution in [2.24, 2.45) is 0 Å². The second kappa shape index (κ2) is 0.808. The molecule has 0 saturated carbocycles. The fourth-order valence-corrected chi connectivity index (χ4v) is 0.232. The smallest absolute Gasteiger partial charge is 0.0812 e. The molecule has 1 unspecified atom stereocenters. The van der Waals surface area contributed by atoms with Gasteiger partial charge in [-0.1, -0.05) is 12.8 Å². The van der Waals surface area contributed by atoms with Gasteiger partial charge >= 0.3 is 0 Å². The fourth-order valence-electron chi connectivity index (χ4n) is 0.0258. The number of nitrogens with zero attached hydrogens (tertiary/aromatic N) is 1. The number of hydrogen-bond acceptors (Lipinski definition) is 3. The molecule has 4 heavy (non-hydrogen) atoms. The Morgan fingerprint density at radius 2 is 2.25 bits per heavy atom. The molecule has 1 aliphatic rings. The Morgan fingerprint density at radius 3 is 2.25 bits per heavy atom. The van der Waals surface area contributed by atoms with E-state index in [2.05, 4.69) is 12.8 Å². The highest BCUT2D eigenvalue weighted by atomic mass is 32.2. The van der Waals surface area contributed by atoms with E-state index in [9.17, 15) is 0 Å². The summed E-state index contributed by atoms with van der Waals surface area (Å²) in [5.74, 6) is 1.10.